The first-order valence-electron chi connectivity index (χ1n) is 7.26. The first-order chi connectivity index (χ1) is 11.6. The Bertz CT molecular complexity index is 741. The van der Waals surface area contributed by atoms with E-state index in [4.69, 9.17) is 9.47 Å². The maximum atomic E-state index is 12.1. The Hall–Kier alpha value is -2.39. The van der Waals surface area contributed by atoms with Crippen molar-refractivity contribution in [3.63, 3.8) is 0 Å². The van der Waals surface area contributed by atoms with Gasteiger partial charge in [-0.15, -0.1) is 0 Å². The molecule has 3 rings (SSSR count). The fourth-order valence-electron chi connectivity index (χ4n) is 2.38. The van der Waals surface area contributed by atoms with Crippen molar-refractivity contribution < 1.29 is 19.2 Å². The Morgan fingerprint density at radius 3 is 2.83 bits per heavy atom. The molecular formula is C15H15N3O5S. The van der Waals surface area contributed by atoms with Crippen molar-refractivity contribution in [2.75, 3.05) is 33.4 Å². The highest BCUT2D eigenvalue weighted by Crippen LogP contribution is 2.33. The minimum absolute atomic E-state index is 0.142. The molecule has 2 heterocycles. The van der Waals surface area contributed by atoms with E-state index in [2.05, 4.69) is 4.99 Å². The standard InChI is InChI=1S/C15H15N3O5S/c1-22-12-3-2-10(8-11(12)18(20)21)9-13-14(19)16-15(24-13)17-4-6-23-7-5-17/h2-3,8-9H,4-7H2,1H3/b13-9+. The van der Waals surface area contributed by atoms with Gasteiger partial charge in [-0.2, -0.15) is 4.99 Å². The van der Waals surface area contributed by atoms with E-state index in [1.807, 2.05) is 4.90 Å². The van der Waals surface area contributed by atoms with Crippen LogP contribution in [0.25, 0.3) is 6.08 Å². The zero-order valence-electron chi connectivity index (χ0n) is 12.9. The normalized spacial score (nSPS) is 19.5. The SMILES string of the molecule is COc1ccc(/C=C2/SC(N3CCOCC3)=NC2=O)cc1[N+](=O)[O-]. The quantitative estimate of drug-likeness (QED) is 0.467. The van der Waals surface area contributed by atoms with E-state index in [1.54, 1.807) is 12.1 Å². The third kappa shape index (κ3) is 3.41. The summed E-state index contributed by atoms with van der Waals surface area (Å²) in [5.41, 5.74) is 0.411. The average Bonchev–Trinajstić information content (AvgIpc) is 2.96. The zero-order chi connectivity index (χ0) is 17.1. The molecule has 0 spiro atoms. The number of methoxy groups -OCH3 is 1. The molecule has 0 aliphatic carbocycles. The number of nitro benzene ring substituents is 1. The number of ether oxygens (including phenoxy) is 2. The van der Waals surface area contributed by atoms with Crippen LogP contribution in [-0.2, 0) is 9.53 Å². The molecule has 0 atom stereocenters. The van der Waals surface area contributed by atoms with Gasteiger partial charge in [0.15, 0.2) is 10.9 Å². The lowest BCUT2D eigenvalue weighted by atomic mass is 10.1. The molecule has 1 aromatic carbocycles. The van der Waals surface area contributed by atoms with Crippen LogP contribution in [0.2, 0.25) is 0 Å². The summed E-state index contributed by atoms with van der Waals surface area (Å²) >= 11 is 1.28. The molecule has 0 radical (unpaired) electrons. The van der Waals surface area contributed by atoms with Crippen molar-refractivity contribution in [2.24, 2.45) is 4.99 Å². The van der Waals surface area contributed by atoms with Crippen LogP contribution >= 0.6 is 11.8 Å². The topological polar surface area (TPSA) is 94.3 Å². The summed E-state index contributed by atoms with van der Waals surface area (Å²) in [5.74, 6) is -0.155. The van der Waals surface area contributed by atoms with Crippen molar-refractivity contribution in [1.29, 1.82) is 0 Å². The molecule has 0 unspecified atom stereocenters. The second-order valence-corrected chi connectivity index (χ2v) is 6.11. The Labute approximate surface area is 142 Å². The maximum Gasteiger partial charge on any atom is 0.311 e. The van der Waals surface area contributed by atoms with Gasteiger partial charge in [-0.3, -0.25) is 14.9 Å². The number of amidine groups is 1. The van der Waals surface area contributed by atoms with Gasteiger partial charge in [0.2, 0.25) is 0 Å². The van der Waals surface area contributed by atoms with Gasteiger partial charge in [-0.1, -0.05) is 6.07 Å². The third-order valence-corrected chi connectivity index (χ3v) is 4.63. The fourth-order valence-corrected chi connectivity index (χ4v) is 3.34. The van der Waals surface area contributed by atoms with Crippen LogP contribution in [0.1, 0.15) is 5.56 Å². The van der Waals surface area contributed by atoms with E-state index in [1.165, 1.54) is 31.0 Å². The number of hydrogen-bond donors (Lipinski definition) is 0. The van der Waals surface area contributed by atoms with Gasteiger partial charge in [0.05, 0.1) is 30.2 Å². The number of benzene rings is 1. The van der Waals surface area contributed by atoms with Gasteiger partial charge in [0, 0.05) is 19.2 Å². The smallest absolute Gasteiger partial charge is 0.311 e. The van der Waals surface area contributed by atoms with Crippen molar-refractivity contribution in [2.45, 2.75) is 0 Å². The first-order valence-corrected chi connectivity index (χ1v) is 8.08. The van der Waals surface area contributed by atoms with Crippen LogP contribution < -0.4 is 4.74 Å². The Balaban J connectivity index is 1.81. The zero-order valence-corrected chi connectivity index (χ0v) is 13.7. The third-order valence-electron chi connectivity index (χ3n) is 3.59. The van der Waals surface area contributed by atoms with E-state index < -0.39 is 4.92 Å². The summed E-state index contributed by atoms with van der Waals surface area (Å²) in [4.78, 5) is 29.2. The van der Waals surface area contributed by atoms with Crippen molar-refractivity contribution in [3.8, 4) is 5.75 Å². The van der Waals surface area contributed by atoms with E-state index in [0.29, 0.717) is 41.9 Å². The van der Waals surface area contributed by atoms with Gasteiger partial charge < -0.3 is 14.4 Å². The molecule has 1 amide bonds. The summed E-state index contributed by atoms with van der Waals surface area (Å²) in [6, 6.07) is 4.56. The molecular weight excluding hydrogens is 334 g/mol. The Morgan fingerprint density at radius 2 is 2.17 bits per heavy atom. The summed E-state index contributed by atoms with van der Waals surface area (Å²) in [6.07, 6.45) is 1.61. The highest BCUT2D eigenvalue weighted by atomic mass is 32.2. The molecule has 0 bridgehead atoms. The number of carbonyl (C=O) groups excluding carboxylic acids is 1. The summed E-state index contributed by atoms with van der Waals surface area (Å²) in [7, 11) is 1.37. The number of carbonyl (C=O) groups is 1. The molecule has 24 heavy (non-hydrogen) atoms. The van der Waals surface area contributed by atoms with Gasteiger partial charge in [0.1, 0.15) is 0 Å². The lowest BCUT2D eigenvalue weighted by Crippen LogP contribution is -2.38. The molecule has 1 aromatic rings. The van der Waals surface area contributed by atoms with Crippen LogP contribution in [-0.4, -0.2) is 54.3 Å². The molecule has 0 N–H and O–H groups in total. The van der Waals surface area contributed by atoms with Crippen LogP contribution in [0.3, 0.4) is 0 Å². The molecule has 8 nitrogen and oxygen atoms in total. The summed E-state index contributed by atoms with van der Waals surface area (Å²) in [6.45, 7) is 2.61. The summed E-state index contributed by atoms with van der Waals surface area (Å²) < 4.78 is 10.3. The summed E-state index contributed by atoms with van der Waals surface area (Å²) in [5, 5.41) is 11.7. The van der Waals surface area contributed by atoms with E-state index in [-0.39, 0.29) is 17.3 Å². The maximum absolute atomic E-state index is 12.1. The Kier molecular flexibility index (Phi) is 4.81. The number of nitrogens with zero attached hydrogens (tertiary/aromatic N) is 3. The molecule has 1 saturated heterocycles. The second kappa shape index (κ2) is 7.02. The van der Waals surface area contributed by atoms with E-state index in [9.17, 15) is 14.9 Å². The first kappa shape index (κ1) is 16.5. The predicted molar refractivity (Wildman–Crippen MR) is 90.1 cm³/mol. The molecule has 0 saturated carbocycles. The van der Waals surface area contributed by atoms with Crippen LogP contribution in [0.5, 0.6) is 5.75 Å². The monoisotopic (exact) mass is 349 g/mol. The predicted octanol–water partition coefficient (Wildman–Crippen LogP) is 1.91. The Morgan fingerprint density at radius 1 is 1.42 bits per heavy atom. The van der Waals surface area contributed by atoms with Gasteiger partial charge in [0.25, 0.3) is 5.91 Å². The van der Waals surface area contributed by atoms with Gasteiger partial charge >= 0.3 is 5.69 Å². The average molecular weight is 349 g/mol. The lowest BCUT2D eigenvalue weighted by molar-refractivity contribution is -0.385. The number of thioether (sulfide) groups is 1. The molecule has 0 aromatic heterocycles. The van der Waals surface area contributed by atoms with E-state index in [0.717, 1.165) is 0 Å². The minimum atomic E-state index is -0.514. The van der Waals surface area contributed by atoms with Crippen molar-refractivity contribution in [3.05, 3.63) is 38.8 Å². The number of amides is 1. The van der Waals surface area contributed by atoms with Gasteiger partial charge in [-0.25, -0.2) is 0 Å². The molecule has 2 aliphatic heterocycles. The second-order valence-electron chi connectivity index (χ2n) is 5.10. The van der Waals surface area contributed by atoms with Gasteiger partial charge in [-0.05, 0) is 29.5 Å². The number of hydrogen-bond acceptors (Lipinski definition) is 7. The highest BCUT2D eigenvalue weighted by Gasteiger charge is 2.27. The van der Waals surface area contributed by atoms with E-state index >= 15 is 0 Å². The molecule has 2 aliphatic rings. The number of aliphatic imine (C=N–C) groups is 1. The minimum Gasteiger partial charge on any atom is -0.490 e. The van der Waals surface area contributed by atoms with Crippen molar-refractivity contribution in [1.82, 2.24) is 4.90 Å². The largest absolute Gasteiger partial charge is 0.490 e. The molecule has 126 valence electrons. The van der Waals surface area contributed by atoms with Crippen LogP contribution in [0.4, 0.5) is 5.69 Å². The number of rotatable bonds is 3. The fraction of sp³-hybridized carbons (Fsp3) is 0.333. The van der Waals surface area contributed by atoms with Crippen molar-refractivity contribution >= 4 is 34.6 Å². The number of morpholine rings is 1. The highest BCUT2D eigenvalue weighted by molar-refractivity contribution is 8.18. The van der Waals surface area contributed by atoms with Crippen LogP contribution in [0.15, 0.2) is 28.1 Å². The van der Waals surface area contributed by atoms with Crippen LogP contribution in [0, 0.1) is 10.1 Å². The number of nitro groups is 1. The molecule has 9 heteroatoms. The molecule has 1 fully saturated rings. The lowest BCUT2D eigenvalue weighted by Gasteiger charge is -2.27.